The van der Waals surface area contributed by atoms with Crippen LogP contribution in [-0.4, -0.2) is 39.9 Å². The van der Waals surface area contributed by atoms with Gasteiger partial charge in [0, 0.05) is 11.8 Å². The number of fused-ring (bicyclic) bond motifs is 1. The maximum atomic E-state index is 11.9. The molecule has 0 aromatic heterocycles. The molecule has 1 fully saturated rings. The minimum absolute atomic E-state index is 0.138. The summed E-state index contributed by atoms with van der Waals surface area (Å²) < 4.78 is 5.60. The highest BCUT2D eigenvalue weighted by atomic mass is 16.6. The van der Waals surface area contributed by atoms with Crippen LogP contribution in [0.3, 0.4) is 0 Å². The summed E-state index contributed by atoms with van der Waals surface area (Å²) in [6, 6.07) is 0. The fourth-order valence-corrected chi connectivity index (χ4v) is 2.57. The highest BCUT2D eigenvalue weighted by Gasteiger charge is 2.59. The zero-order valence-corrected chi connectivity index (χ0v) is 11.9. The number of carbonyl (C=O) groups excluding carboxylic acids is 1. The molecule has 1 saturated heterocycles. The zero-order chi connectivity index (χ0) is 14.4. The van der Waals surface area contributed by atoms with Crippen molar-refractivity contribution in [3.8, 4) is 0 Å². The quantitative estimate of drug-likeness (QED) is 0.650. The van der Waals surface area contributed by atoms with E-state index < -0.39 is 23.2 Å². The number of ketones is 1. The molecule has 1 aliphatic heterocycles. The first kappa shape index (κ1) is 14.4. The SMILES string of the molecule is C/C1=C\[C@@H](O)C[C@@]2(C)O[C@@H]2[C@@H](O)C(C)(C)/C=C/C1=O. The molecule has 4 heteroatoms. The van der Waals surface area contributed by atoms with Crippen LogP contribution >= 0.6 is 0 Å². The van der Waals surface area contributed by atoms with Gasteiger partial charge in [-0.1, -0.05) is 19.9 Å². The van der Waals surface area contributed by atoms with Gasteiger partial charge < -0.3 is 14.9 Å². The van der Waals surface area contributed by atoms with Gasteiger partial charge in [0.05, 0.1) is 17.8 Å². The van der Waals surface area contributed by atoms with Crippen molar-refractivity contribution in [1.29, 1.82) is 0 Å². The number of ether oxygens (including phenoxy) is 1. The Balaban J connectivity index is 2.34. The van der Waals surface area contributed by atoms with E-state index in [1.807, 2.05) is 20.8 Å². The molecule has 2 aliphatic rings. The first-order chi connectivity index (χ1) is 8.66. The van der Waals surface area contributed by atoms with Gasteiger partial charge in [-0.15, -0.1) is 0 Å². The van der Waals surface area contributed by atoms with Gasteiger partial charge in [-0.3, -0.25) is 4.79 Å². The molecule has 1 aliphatic carbocycles. The maximum absolute atomic E-state index is 11.9. The van der Waals surface area contributed by atoms with Crippen molar-refractivity contribution in [3.05, 3.63) is 23.8 Å². The van der Waals surface area contributed by atoms with Crippen molar-refractivity contribution >= 4 is 5.78 Å². The van der Waals surface area contributed by atoms with E-state index in [9.17, 15) is 15.0 Å². The lowest BCUT2D eigenvalue weighted by atomic mass is 9.81. The lowest BCUT2D eigenvalue weighted by Crippen LogP contribution is -2.36. The molecule has 1 heterocycles. The lowest BCUT2D eigenvalue weighted by Gasteiger charge is -2.26. The first-order valence-corrected chi connectivity index (χ1v) is 6.62. The molecule has 19 heavy (non-hydrogen) atoms. The Hall–Kier alpha value is -0.970. The van der Waals surface area contributed by atoms with E-state index in [0.29, 0.717) is 12.0 Å². The minimum Gasteiger partial charge on any atom is -0.389 e. The van der Waals surface area contributed by atoms with Crippen molar-refractivity contribution < 1.29 is 19.7 Å². The average Bonchev–Trinajstić information content (AvgIpc) is 2.95. The highest BCUT2D eigenvalue weighted by Crippen LogP contribution is 2.47. The second-order valence-electron chi connectivity index (χ2n) is 6.44. The van der Waals surface area contributed by atoms with E-state index in [-0.39, 0.29) is 11.9 Å². The smallest absolute Gasteiger partial charge is 0.181 e. The van der Waals surface area contributed by atoms with E-state index in [2.05, 4.69) is 0 Å². The third-order valence-corrected chi connectivity index (χ3v) is 4.10. The molecule has 4 atom stereocenters. The molecular formula is C15H22O4. The van der Waals surface area contributed by atoms with Gasteiger partial charge in [0.15, 0.2) is 5.78 Å². The molecule has 0 amide bonds. The second-order valence-corrected chi connectivity index (χ2v) is 6.44. The standard InChI is InChI=1S/C15H22O4/c1-9-7-10(16)8-15(4)13(19-15)12(18)14(2,3)6-5-11(9)17/h5-7,10,12-13,16,18H,8H2,1-4H3/b6-5+,9-7+/t10-,12-,13-,15-/m1/s1. The van der Waals surface area contributed by atoms with Crippen molar-refractivity contribution in [2.75, 3.05) is 0 Å². The average molecular weight is 266 g/mol. The Bertz CT molecular complexity index is 449. The van der Waals surface area contributed by atoms with E-state index in [0.717, 1.165) is 0 Å². The van der Waals surface area contributed by atoms with Gasteiger partial charge in [-0.25, -0.2) is 0 Å². The number of hydrogen-bond donors (Lipinski definition) is 2. The Kier molecular flexibility index (Phi) is 3.45. The molecule has 0 aromatic rings. The molecule has 106 valence electrons. The van der Waals surface area contributed by atoms with Crippen LogP contribution < -0.4 is 0 Å². The third kappa shape index (κ3) is 2.81. The number of carbonyl (C=O) groups is 1. The highest BCUT2D eigenvalue weighted by molar-refractivity contribution is 6.03. The molecule has 0 radical (unpaired) electrons. The monoisotopic (exact) mass is 266 g/mol. The van der Waals surface area contributed by atoms with Gasteiger partial charge in [-0.05, 0) is 31.6 Å². The van der Waals surface area contributed by atoms with Crippen molar-refractivity contribution in [1.82, 2.24) is 0 Å². The van der Waals surface area contributed by atoms with Crippen LogP contribution in [-0.2, 0) is 9.53 Å². The van der Waals surface area contributed by atoms with Gasteiger partial charge >= 0.3 is 0 Å². The minimum atomic E-state index is -0.735. The second kappa shape index (κ2) is 4.54. The molecule has 0 saturated carbocycles. The Morgan fingerprint density at radius 2 is 1.95 bits per heavy atom. The first-order valence-electron chi connectivity index (χ1n) is 6.62. The summed E-state index contributed by atoms with van der Waals surface area (Å²) in [5.74, 6) is -0.138. The van der Waals surface area contributed by atoms with Crippen LogP contribution in [0.15, 0.2) is 23.8 Å². The molecule has 2 N–H and O–H groups in total. The van der Waals surface area contributed by atoms with E-state index in [4.69, 9.17) is 4.74 Å². The zero-order valence-electron chi connectivity index (χ0n) is 11.9. The van der Waals surface area contributed by atoms with Crippen LogP contribution in [0.1, 0.15) is 34.1 Å². The summed E-state index contributed by atoms with van der Waals surface area (Å²) in [4.78, 5) is 11.9. The summed E-state index contributed by atoms with van der Waals surface area (Å²) in [5.41, 5.74) is -0.557. The Morgan fingerprint density at radius 1 is 1.32 bits per heavy atom. The topological polar surface area (TPSA) is 70.1 Å². The molecule has 0 aromatic carbocycles. The molecular weight excluding hydrogens is 244 g/mol. The van der Waals surface area contributed by atoms with Crippen molar-refractivity contribution in [2.45, 2.75) is 58.0 Å². The largest absolute Gasteiger partial charge is 0.389 e. The summed E-state index contributed by atoms with van der Waals surface area (Å²) in [6.07, 6.45) is 3.39. The van der Waals surface area contributed by atoms with E-state index >= 15 is 0 Å². The maximum Gasteiger partial charge on any atom is 0.181 e. The van der Waals surface area contributed by atoms with Gasteiger partial charge in [0.25, 0.3) is 0 Å². The fourth-order valence-electron chi connectivity index (χ4n) is 2.57. The Morgan fingerprint density at radius 3 is 2.58 bits per heavy atom. The third-order valence-electron chi connectivity index (χ3n) is 4.10. The van der Waals surface area contributed by atoms with Crippen LogP contribution in [0.4, 0.5) is 0 Å². The summed E-state index contributed by atoms with van der Waals surface area (Å²) in [5, 5.41) is 20.4. The number of rotatable bonds is 0. The van der Waals surface area contributed by atoms with E-state index in [1.165, 1.54) is 6.08 Å². The fraction of sp³-hybridized carbons (Fsp3) is 0.667. The number of hydrogen-bond acceptors (Lipinski definition) is 4. The lowest BCUT2D eigenvalue weighted by molar-refractivity contribution is -0.111. The molecule has 0 bridgehead atoms. The van der Waals surface area contributed by atoms with Crippen molar-refractivity contribution in [2.24, 2.45) is 5.41 Å². The summed E-state index contributed by atoms with van der Waals surface area (Å²) >= 11 is 0. The molecule has 0 spiro atoms. The van der Waals surface area contributed by atoms with Crippen LogP contribution in [0, 0.1) is 5.41 Å². The molecule has 2 rings (SSSR count). The number of aliphatic hydroxyl groups is 2. The van der Waals surface area contributed by atoms with Crippen LogP contribution in [0.5, 0.6) is 0 Å². The van der Waals surface area contributed by atoms with Crippen LogP contribution in [0.25, 0.3) is 0 Å². The molecule has 0 unspecified atom stereocenters. The predicted octanol–water partition coefficient (Wildman–Crippen LogP) is 1.37. The van der Waals surface area contributed by atoms with Gasteiger partial charge in [0.1, 0.15) is 6.10 Å². The Labute approximate surface area is 113 Å². The number of aliphatic hydroxyl groups excluding tert-OH is 2. The number of epoxide rings is 1. The normalized spacial score (nSPS) is 46.5. The molecule has 4 nitrogen and oxygen atoms in total. The predicted molar refractivity (Wildman–Crippen MR) is 71.6 cm³/mol. The van der Waals surface area contributed by atoms with Crippen LogP contribution in [0.2, 0.25) is 0 Å². The van der Waals surface area contributed by atoms with Gasteiger partial charge in [-0.2, -0.15) is 0 Å². The summed E-state index contributed by atoms with van der Waals surface area (Å²) in [7, 11) is 0. The van der Waals surface area contributed by atoms with E-state index in [1.54, 1.807) is 19.1 Å². The summed E-state index contributed by atoms with van der Waals surface area (Å²) in [6.45, 7) is 7.31. The number of allylic oxidation sites excluding steroid dienone is 2. The van der Waals surface area contributed by atoms with Gasteiger partial charge in [0.2, 0.25) is 0 Å². The van der Waals surface area contributed by atoms with Crippen molar-refractivity contribution in [3.63, 3.8) is 0 Å².